The van der Waals surface area contributed by atoms with Gasteiger partial charge in [0.15, 0.2) is 9.84 Å². The van der Waals surface area contributed by atoms with Crippen LogP contribution in [0.3, 0.4) is 0 Å². The van der Waals surface area contributed by atoms with Crippen molar-refractivity contribution in [3.63, 3.8) is 0 Å². The second kappa shape index (κ2) is 5.66. The lowest BCUT2D eigenvalue weighted by atomic mass is 10.1. The highest BCUT2D eigenvalue weighted by molar-refractivity contribution is 7.91. The van der Waals surface area contributed by atoms with Gasteiger partial charge in [-0.25, -0.2) is 13.4 Å². The molecule has 1 fully saturated rings. The van der Waals surface area contributed by atoms with Crippen LogP contribution in [0.5, 0.6) is 0 Å². The highest BCUT2D eigenvalue weighted by Gasteiger charge is 2.36. The van der Waals surface area contributed by atoms with Crippen LogP contribution in [0.1, 0.15) is 19.2 Å². The Bertz CT molecular complexity index is 669. The maximum absolute atomic E-state index is 12.7. The van der Waals surface area contributed by atoms with E-state index in [2.05, 4.69) is 14.5 Å². The van der Waals surface area contributed by atoms with Crippen LogP contribution in [0.15, 0.2) is 12.4 Å². The smallest absolute Gasteiger partial charge is 0.239 e. The minimum Gasteiger partial charge on any atom is -0.340 e. The van der Waals surface area contributed by atoms with Crippen LogP contribution in [0.2, 0.25) is 0 Å². The molecule has 22 heavy (non-hydrogen) atoms. The number of rotatable bonds is 3. The maximum atomic E-state index is 12.7. The van der Waals surface area contributed by atoms with Gasteiger partial charge in [-0.2, -0.15) is 0 Å². The van der Waals surface area contributed by atoms with Crippen molar-refractivity contribution >= 4 is 15.7 Å². The topological polar surface area (TPSA) is 75.5 Å². The highest BCUT2D eigenvalue weighted by Crippen LogP contribution is 2.20. The van der Waals surface area contributed by atoms with E-state index in [1.54, 1.807) is 18.1 Å². The van der Waals surface area contributed by atoms with Crippen molar-refractivity contribution in [2.75, 3.05) is 25.1 Å². The molecule has 1 amide bonds. The SMILES string of the molecule is C[C@H](C(=O)N(C)[C@H]1CCS(=O)(=O)C1)N1CCn2ccnc2C1. The van der Waals surface area contributed by atoms with E-state index in [1.807, 2.05) is 13.1 Å². The molecule has 1 saturated heterocycles. The van der Waals surface area contributed by atoms with Gasteiger partial charge in [0.25, 0.3) is 0 Å². The van der Waals surface area contributed by atoms with Crippen LogP contribution in [-0.4, -0.2) is 70.9 Å². The molecule has 0 spiro atoms. The predicted octanol–water partition coefficient (Wildman–Crippen LogP) is -0.267. The average Bonchev–Trinajstić information content (AvgIpc) is 3.09. The summed E-state index contributed by atoms with van der Waals surface area (Å²) in [5.41, 5.74) is 0. The first kappa shape index (κ1) is 15.5. The molecule has 2 aliphatic rings. The molecular formula is C14H22N4O3S. The summed E-state index contributed by atoms with van der Waals surface area (Å²) in [6.45, 7) is 4.17. The summed E-state index contributed by atoms with van der Waals surface area (Å²) in [5, 5.41) is 0. The molecule has 122 valence electrons. The maximum Gasteiger partial charge on any atom is 0.239 e. The van der Waals surface area contributed by atoms with Gasteiger partial charge >= 0.3 is 0 Å². The second-order valence-corrected chi connectivity index (χ2v) is 8.42. The van der Waals surface area contributed by atoms with Gasteiger partial charge in [-0.3, -0.25) is 9.69 Å². The molecule has 2 atom stereocenters. The molecule has 2 aliphatic heterocycles. The molecule has 8 heteroatoms. The van der Waals surface area contributed by atoms with Crippen LogP contribution in [0.25, 0.3) is 0 Å². The molecule has 3 heterocycles. The zero-order valence-corrected chi connectivity index (χ0v) is 13.8. The van der Waals surface area contributed by atoms with Crippen molar-refractivity contribution in [3.05, 3.63) is 18.2 Å². The molecule has 0 saturated carbocycles. The van der Waals surface area contributed by atoms with Crippen LogP contribution >= 0.6 is 0 Å². The lowest BCUT2D eigenvalue weighted by Crippen LogP contribution is -2.51. The third-order valence-corrected chi connectivity index (χ3v) is 6.53. The monoisotopic (exact) mass is 326 g/mol. The van der Waals surface area contributed by atoms with Crippen LogP contribution in [-0.2, 0) is 27.7 Å². The summed E-state index contributed by atoms with van der Waals surface area (Å²) < 4.78 is 25.3. The zero-order chi connectivity index (χ0) is 15.9. The molecule has 1 aromatic rings. The fourth-order valence-corrected chi connectivity index (χ4v) is 5.01. The summed E-state index contributed by atoms with van der Waals surface area (Å²) in [4.78, 5) is 20.7. The molecule has 1 aromatic heterocycles. The van der Waals surface area contributed by atoms with Gasteiger partial charge in [-0.15, -0.1) is 0 Å². The minimum atomic E-state index is -2.98. The van der Waals surface area contributed by atoms with Crippen LogP contribution in [0.4, 0.5) is 0 Å². The van der Waals surface area contributed by atoms with E-state index >= 15 is 0 Å². The fraction of sp³-hybridized carbons (Fsp3) is 0.714. The van der Waals surface area contributed by atoms with Crippen molar-refractivity contribution in [2.45, 2.75) is 38.5 Å². The Morgan fingerprint density at radius 3 is 2.91 bits per heavy atom. The second-order valence-electron chi connectivity index (χ2n) is 6.19. The van der Waals surface area contributed by atoms with E-state index in [1.165, 1.54) is 0 Å². The van der Waals surface area contributed by atoms with Gasteiger partial charge in [0.1, 0.15) is 5.82 Å². The van der Waals surface area contributed by atoms with E-state index in [-0.39, 0.29) is 29.5 Å². The van der Waals surface area contributed by atoms with Crippen molar-refractivity contribution in [1.82, 2.24) is 19.4 Å². The first-order valence-electron chi connectivity index (χ1n) is 7.58. The van der Waals surface area contributed by atoms with E-state index < -0.39 is 9.84 Å². The van der Waals surface area contributed by atoms with E-state index in [4.69, 9.17) is 0 Å². The standard InChI is InChI=1S/C14H22N4O3S/c1-11(18-7-6-17-5-4-15-13(17)9-18)14(19)16(2)12-3-8-22(20,21)10-12/h4-5,11-12H,3,6-10H2,1-2H3/t11-,12+/m1/s1. The van der Waals surface area contributed by atoms with E-state index in [0.29, 0.717) is 13.0 Å². The number of sulfone groups is 1. The number of carbonyl (C=O) groups excluding carboxylic acids is 1. The molecular weight excluding hydrogens is 304 g/mol. The van der Waals surface area contributed by atoms with Crippen molar-refractivity contribution in [1.29, 1.82) is 0 Å². The summed E-state index contributed by atoms with van der Waals surface area (Å²) in [7, 11) is -1.26. The number of likely N-dealkylation sites (N-methyl/N-ethyl adjacent to an activating group) is 1. The third-order valence-electron chi connectivity index (χ3n) is 4.78. The van der Waals surface area contributed by atoms with Gasteiger partial charge in [0.2, 0.25) is 5.91 Å². The predicted molar refractivity (Wildman–Crippen MR) is 81.9 cm³/mol. The molecule has 0 unspecified atom stereocenters. The number of fused-ring (bicyclic) bond motifs is 1. The number of hydrogen-bond acceptors (Lipinski definition) is 5. The van der Waals surface area contributed by atoms with Crippen LogP contribution < -0.4 is 0 Å². The van der Waals surface area contributed by atoms with Gasteiger partial charge < -0.3 is 9.47 Å². The lowest BCUT2D eigenvalue weighted by molar-refractivity contribution is -0.137. The Labute approximate surface area is 130 Å². The highest BCUT2D eigenvalue weighted by atomic mass is 32.2. The fourth-order valence-electron chi connectivity index (χ4n) is 3.23. The molecule has 0 bridgehead atoms. The van der Waals surface area contributed by atoms with Gasteiger partial charge in [0, 0.05) is 38.6 Å². The van der Waals surface area contributed by atoms with E-state index in [0.717, 1.165) is 18.9 Å². The molecule has 3 rings (SSSR count). The molecule has 0 aliphatic carbocycles. The average molecular weight is 326 g/mol. The Balaban J connectivity index is 1.65. The number of nitrogens with zero attached hydrogens (tertiary/aromatic N) is 4. The first-order valence-corrected chi connectivity index (χ1v) is 9.41. The molecule has 7 nitrogen and oxygen atoms in total. The van der Waals surface area contributed by atoms with Crippen LogP contribution in [0, 0.1) is 0 Å². The Morgan fingerprint density at radius 2 is 2.23 bits per heavy atom. The third kappa shape index (κ3) is 2.89. The largest absolute Gasteiger partial charge is 0.340 e. The van der Waals surface area contributed by atoms with Gasteiger partial charge in [0.05, 0.1) is 24.1 Å². The summed E-state index contributed by atoms with van der Waals surface area (Å²) in [5.74, 6) is 1.23. The number of amides is 1. The molecule has 0 radical (unpaired) electrons. The number of aromatic nitrogens is 2. The number of hydrogen-bond donors (Lipinski definition) is 0. The quantitative estimate of drug-likeness (QED) is 0.764. The Morgan fingerprint density at radius 1 is 1.45 bits per heavy atom. The lowest BCUT2D eigenvalue weighted by Gasteiger charge is -2.35. The summed E-state index contributed by atoms with van der Waals surface area (Å²) in [6, 6.07) is -0.453. The Kier molecular flexibility index (Phi) is 3.98. The summed E-state index contributed by atoms with van der Waals surface area (Å²) in [6.07, 6.45) is 4.28. The van der Waals surface area contributed by atoms with Crippen molar-refractivity contribution in [2.24, 2.45) is 0 Å². The van der Waals surface area contributed by atoms with Gasteiger partial charge in [-0.1, -0.05) is 0 Å². The van der Waals surface area contributed by atoms with E-state index in [9.17, 15) is 13.2 Å². The number of carbonyl (C=O) groups is 1. The molecule has 0 aromatic carbocycles. The van der Waals surface area contributed by atoms with Gasteiger partial charge in [-0.05, 0) is 13.3 Å². The first-order chi connectivity index (χ1) is 10.4. The minimum absolute atomic E-state index is 0.0119. The molecule has 0 N–H and O–H groups in total. The zero-order valence-electron chi connectivity index (χ0n) is 13.0. The van der Waals surface area contributed by atoms with Crippen molar-refractivity contribution in [3.8, 4) is 0 Å². The normalized spacial score (nSPS) is 25.6. The Hall–Kier alpha value is -1.41. The van der Waals surface area contributed by atoms with Crippen molar-refractivity contribution < 1.29 is 13.2 Å². The summed E-state index contributed by atoms with van der Waals surface area (Å²) >= 11 is 0. The number of imidazole rings is 1.